The molecule has 0 amide bonds. The Kier molecular flexibility index (Phi) is 2.74. The average molecular weight is 197 g/mol. The highest BCUT2D eigenvalue weighted by Crippen LogP contribution is 2.49. The fraction of sp³-hybridized carbons (Fsp3) is 0.900. The lowest BCUT2D eigenvalue weighted by Crippen LogP contribution is -2.40. The normalized spacial score (nSPS) is 26.0. The van der Waals surface area contributed by atoms with Gasteiger partial charge in [0.05, 0.1) is 19.0 Å². The van der Waals surface area contributed by atoms with Crippen molar-refractivity contribution >= 4 is 5.84 Å². The van der Waals surface area contributed by atoms with Gasteiger partial charge in [-0.3, -0.25) is 10.3 Å². The van der Waals surface area contributed by atoms with E-state index in [0.717, 1.165) is 39.3 Å². The number of nitrogens with two attached hydrogens (primary N) is 1. The Hall–Kier alpha value is -0.610. The molecule has 0 atom stereocenters. The molecule has 0 bridgehead atoms. The Morgan fingerprint density at radius 3 is 2.50 bits per heavy atom. The minimum Gasteiger partial charge on any atom is -0.388 e. The van der Waals surface area contributed by atoms with Crippen LogP contribution in [0.4, 0.5) is 0 Å². The highest BCUT2D eigenvalue weighted by atomic mass is 16.5. The molecule has 2 rings (SSSR count). The summed E-state index contributed by atoms with van der Waals surface area (Å²) in [4.78, 5) is 2.44. The van der Waals surface area contributed by atoms with Crippen LogP contribution >= 0.6 is 0 Å². The van der Waals surface area contributed by atoms with E-state index in [1.165, 1.54) is 12.8 Å². The lowest BCUT2D eigenvalue weighted by Gasteiger charge is -2.30. The number of morpholine rings is 1. The molecule has 80 valence electrons. The van der Waals surface area contributed by atoms with E-state index in [2.05, 4.69) is 4.90 Å². The molecule has 2 fully saturated rings. The molecule has 3 N–H and O–H groups in total. The zero-order valence-electron chi connectivity index (χ0n) is 8.59. The summed E-state index contributed by atoms with van der Waals surface area (Å²) in [6.45, 7) is 4.90. The number of ether oxygens (including phenoxy) is 1. The van der Waals surface area contributed by atoms with Gasteiger partial charge in [-0.05, 0) is 18.3 Å². The van der Waals surface area contributed by atoms with Gasteiger partial charge in [0, 0.05) is 26.1 Å². The lowest BCUT2D eigenvalue weighted by atomic mass is 10.0. The maximum Gasteiger partial charge on any atom is 0.0911 e. The van der Waals surface area contributed by atoms with Crippen LogP contribution in [-0.2, 0) is 4.74 Å². The molecule has 1 aliphatic heterocycles. The molecule has 4 nitrogen and oxygen atoms in total. The van der Waals surface area contributed by atoms with Crippen LogP contribution in [-0.4, -0.2) is 43.6 Å². The molecule has 0 aromatic heterocycles. The maximum atomic E-state index is 7.34. The first-order valence-corrected chi connectivity index (χ1v) is 5.33. The second-order valence-corrected chi connectivity index (χ2v) is 4.59. The first-order chi connectivity index (χ1) is 6.70. The van der Waals surface area contributed by atoms with Gasteiger partial charge in [-0.25, -0.2) is 0 Å². The standard InChI is InChI=1S/C10H19N3O/c11-9(12)7-10(1-2-10)8-13-3-5-14-6-4-13/h1-8H2,(H3,11,12). The van der Waals surface area contributed by atoms with Crippen LogP contribution in [0.5, 0.6) is 0 Å². The number of hydrogen-bond acceptors (Lipinski definition) is 3. The van der Waals surface area contributed by atoms with Gasteiger partial charge >= 0.3 is 0 Å². The fourth-order valence-electron chi connectivity index (χ4n) is 2.21. The van der Waals surface area contributed by atoms with Crippen LogP contribution in [0.1, 0.15) is 19.3 Å². The molecule has 1 saturated heterocycles. The highest BCUT2D eigenvalue weighted by Gasteiger charge is 2.44. The van der Waals surface area contributed by atoms with Crippen LogP contribution in [0.3, 0.4) is 0 Å². The average Bonchev–Trinajstić information content (AvgIpc) is 2.85. The second kappa shape index (κ2) is 3.87. The molecule has 1 saturated carbocycles. The minimum atomic E-state index is 0.343. The number of nitrogens with one attached hydrogen (secondary N) is 1. The summed E-state index contributed by atoms with van der Waals surface area (Å²) in [6.07, 6.45) is 3.26. The van der Waals surface area contributed by atoms with E-state index in [4.69, 9.17) is 15.9 Å². The van der Waals surface area contributed by atoms with Crippen molar-refractivity contribution in [3.63, 3.8) is 0 Å². The third kappa shape index (κ3) is 2.45. The summed E-state index contributed by atoms with van der Waals surface area (Å²) < 4.78 is 5.31. The Morgan fingerprint density at radius 2 is 2.00 bits per heavy atom. The SMILES string of the molecule is N=C(N)CC1(CN2CCOCC2)CC1. The Balaban J connectivity index is 1.80. The van der Waals surface area contributed by atoms with Crippen molar-refractivity contribution in [3.8, 4) is 0 Å². The molecule has 4 heteroatoms. The third-order valence-electron chi connectivity index (χ3n) is 3.19. The Labute approximate surface area is 84.9 Å². The third-order valence-corrected chi connectivity index (χ3v) is 3.19. The molecule has 14 heavy (non-hydrogen) atoms. The largest absolute Gasteiger partial charge is 0.388 e. The van der Waals surface area contributed by atoms with Crippen molar-refractivity contribution in [3.05, 3.63) is 0 Å². The van der Waals surface area contributed by atoms with E-state index in [0.29, 0.717) is 11.3 Å². The van der Waals surface area contributed by atoms with Gasteiger partial charge < -0.3 is 10.5 Å². The fourth-order valence-corrected chi connectivity index (χ4v) is 2.21. The van der Waals surface area contributed by atoms with Crippen LogP contribution in [0, 0.1) is 10.8 Å². The molecule has 0 unspecified atom stereocenters. The monoisotopic (exact) mass is 197 g/mol. The summed E-state index contributed by atoms with van der Waals surface area (Å²) in [7, 11) is 0. The summed E-state index contributed by atoms with van der Waals surface area (Å²) >= 11 is 0. The zero-order chi connectivity index (χ0) is 10.0. The smallest absolute Gasteiger partial charge is 0.0911 e. The zero-order valence-corrected chi connectivity index (χ0v) is 8.59. The van der Waals surface area contributed by atoms with Crippen molar-refractivity contribution in [2.75, 3.05) is 32.8 Å². The summed E-state index contributed by atoms with van der Waals surface area (Å²) in [5.74, 6) is 0.343. The van der Waals surface area contributed by atoms with E-state index >= 15 is 0 Å². The van der Waals surface area contributed by atoms with Gasteiger partial charge in [0.15, 0.2) is 0 Å². The minimum absolute atomic E-state index is 0.343. The van der Waals surface area contributed by atoms with Gasteiger partial charge in [-0.1, -0.05) is 0 Å². The first kappa shape index (κ1) is 9.93. The van der Waals surface area contributed by atoms with Crippen molar-refractivity contribution in [1.82, 2.24) is 4.90 Å². The molecule has 2 aliphatic rings. The van der Waals surface area contributed by atoms with Crippen molar-refractivity contribution in [1.29, 1.82) is 5.41 Å². The number of nitrogens with zero attached hydrogens (tertiary/aromatic N) is 1. The molecule has 0 aromatic rings. The topological polar surface area (TPSA) is 62.3 Å². The molecular formula is C10H19N3O. The van der Waals surface area contributed by atoms with Crippen LogP contribution < -0.4 is 5.73 Å². The van der Waals surface area contributed by atoms with Gasteiger partial charge in [0.1, 0.15) is 0 Å². The van der Waals surface area contributed by atoms with Crippen molar-refractivity contribution in [2.24, 2.45) is 11.1 Å². The Morgan fingerprint density at radius 1 is 1.36 bits per heavy atom. The molecule has 0 radical (unpaired) electrons. The Bertz CT molecular complexity index is 219. The number of amidine groups is 1. The number of rotatable bonds is 4. The predicted molar refractivity (Wildman–Crippen MR) is 55.5 cm³/mol. The molecular weight excluding hydrogens is 178 g/mol. The van der Waals surface area contributed by atoms with Gasteiger partial charge in [-0.2, -0.15) is 0 Å². The number of hydrogen-bond donors (Lipinski definition) is 2. The van der Waals surface area contributed by atoms with E-state index in [1.807, 2.05) is 0 Å². The van der Waals surface area contributed by atoms with Crippen LogP contribution in [0.25, 0.3) is 0 Å². The van der Waals surface area contributed by atoms with E-state index in [9.17, 15) is 0 Å². The van der Waals surface area contributed by atoms with E-state index in [-0.39, 0.29) is 0 Å². The summed E-state index contributed by atoms with van der Waals surface area (Å²) in [6, 6.07) is 0. The quantitative estimate of drug-likeness (QED) is 0.507. The van der Waals surface area contributed by atoms with Crippen LogP contribution in [0.15, 0.2) is 0 Å². The van der Waals surface area contributed by atoms with Crippen LogP contribution in [0.2, 0.25) is 0 Å². The highest BCUT2D eigenvalue weighted by molar-refractivity contribution is 5.78. The van der Waals surface area contributed by atoms with Gasteiger partial charge in [0.2, 0.25) is 0 Å². The second-order valence-electron chi connectivity index (χ2n) is 4.59. The van der Waals surface area contributed by atoms with Gasteiger partial charge in [-0.15, -0.1) is 0 Å². The van der Waals surface area contributed by atoms with E-state index < -0.39 is 0 Å². The molecule has 0 spiro atoms. The lowest BCUT2D eigenvalue weighted by molar-refractivity contribution is 0.0289. The van der Waals surface area contributed by atoms with Crippen molar-refractivity contribution in [2.45, 2.75) is 19.3 Å². The molecule has 0 aromatic carbocycles. The van der Waals surface area contributed by atoms with Gasteiger partial charge in [0.25, 0.3) is 0 Å². The molecule has 1 heterocycles. The summed E-state index contributed by atoms with van der Waals surface area (Å²) in [5, 5.41) is 7.34. The van der Waals surface area contributed by atoms with E-state index in [1.54, 1.807) is 0 Å². The predicted octanol–water partition coefficient (Wildman–Crippen LogP) is 0.425. The summed E-state index contributed by atoms with van der Waals surface area (Å²) in [5.41, 5.74) is 5.81. The first-order valence-electron chi connectivity index (χ1n) is 5.33. The molecule has 1 aliphatic carbocycles. The maximum absolute atomic E-state index is 7.34. The van der Waals surface area contributed by atoms with Crippen molar-refractivity contribution < 1.29 is 4.74 Å².